The van der Waals surface area contributed by atoms with Gasteiger partial charge >= 0.3 is 0 Å². The van der Waals surface area contributed by atoms with E-state index < -0.39 is 0 Å². The smallest absolute Gasteiger partial charge is 0.223 e. The maximum Gasteiger partial charge on any atom is 0.223 e. The van der Waals surface area contributed by atoms with Gasteiger partial charge in [0, 0.05) is 22.0 Å². The van der Waals surface area contributed by atoms with Crippen LogP contribution in [0.5, 0.6) is 5.75 Å². The third kappa shape index (κ3) is 3.21. The van der Waals surface area contributed by atoms with E-state index >= 15 is 0 Å². The average Bonchev–Trinajstić information content (AvgIpc) is 2.91. The van der Waals surface area contributed by atoms with E-state index in [1.54, 1.807) is 12.1 Å². The summed E-state index contributed by atoms with van der Waals surface area (Å²) < 4.78 is 0. The van der Waals surface area contributed by atoms with Crippen molar-refractivity contribution in [1.82, 2.24) is 5.32 Å². The molecule has 0 spiro atoms. The van der Waals surface area contributed by atoms with Gasteiger partial charge in [-0.25, -0.2) is 0 Å². The van der Waals surface area contributed by atoms with Crippen molar-refractivity contribution in [1.29, 1.82) is 0 Å². The van der Waals surface area contributed by atoms with E-state index in [-0.39, 0.29) is 47.3 Å². The fraction of sp³-hybridized carbons (Fsp3) is 0.409. The second-order valence-electron chi connectivity index (χ2n) is 8.00. The largest absolute Gasteiger partial charge is 0.508 e. The van der Waals surface area contributed by atoms with Crippen molar-refractivity contribution in [2.45, 2.75) is 38.1 Å². The molecule has 1 saturated carbocycles. The molecule has 0 bridgehead atoms. The Balaban J connectivity index is 1.85. The molecular weight excluding hydrogens is 381 g/mol. The monoisotopic (exact) mass is 403 g/mol. The first-order valence-corrected chi connectivity index (χ1v) is 10.2. The number of halogens is 2. The molecule has 4 rings (SSSR count). The van der Waals surface area contributed by atoms with Crippen molar-refractivity contribution < 1.29 is 9.90 Å². The number of amides is 1. The van der Waals surface area contributed by atoms with Crippen LogP contribution in [0.15, 0.2) is 42.5 Å². The second-order valence-corrected chi connectivity index (χ2v) is 8.85. The summed E-state index contributed by atoms with van der Waals surface area (Å²) in [6, 6.07) is 13.3. The van der Waals surface area contributed by atoms with Crippen LogP contribution < -0.4 is 5.32 Å². The lowest BCUT2D eigenvalue weighted by Crippen LogP contribution is -2.39. The minimum atomic E-state index is 0.00724. The van der Waals surface area contributed by atoms with Crippen LogP contribution in [0.25, 0.3) is 0 Å². The number of hydrogen-bond donors (Lipinski definition) is 2. The third-order valence-corrected chi connectivity index (χ3v) is 6.97. The summed E-state index contributed by atoms with van der Waals surface area (Å²) in [5.41, 5.74) is 2.21. The molecule has 2 fully saturated rings. The molecule has 1 saturated heterocycles. The molecule has 1 aliphatic heterocycles. The normalized spacial score (nSPS) is 32.8. The highest BCUT2D eigenvalue weighted by Gasteiger charge is 2.53. The first kappa shape index (κ1) is 18.6. The molecule has 5 heteroatoms. The number of nitrogens with one attached hydrogen (secondary N) is 1. The van der Waals surface area contributed by atoms with E-state index in [1.807, 2.05) is 18.2 Å². The second kappa shape index (κ2) is 7.03. The molecule has 142 valence electrons. The zero-order valence-corrected chi connectivity index (χ0v) is 16.8. The van der Waals surface area contributed by atoms with Gasteiger partial charge in [0.15, 0.2) is 0 Å². The summed E-state index contributed by atoms with van der Waals surface area (Å²) in [5, 5.41) is 14.2. The van der Waals surface area contributed by atoms with E-state index in [2.05, 4.69) is 31.3 Å². The van der Waals surface area contributed by atoms with Crippen molar-refractivity contribution in [3.05, 3.63) is 63.6 Å². The zero-order valence-electron chi connectivity index (χ0n) is 15.3. The number of hydrogen-bond acceptors (Lipinski definition) is 2. The average molecular weight is 404 g/mol. The third-order valence-electron chi connectivity index (χ3n) is 6.39. The van der Waals surface area contributed by atoms with Crippen LogP contribution in [0, 0.1) is 17.8 Å². The molecule has 0 aromatic heterocycles. The van der Waals surface area contributed by atoms with E-state index in [0.29, 0.717) is 10.0 Å². The molecule has 0 unspecified atom stereocenters. The summed E-state index contributed by atoms with van der Waals surface area (Å²) in [7, 11) is 0. The standard InChI is InChI=1S/C22H23Cl2NO2/c1-11-9-17(16-8-7-15(26)10-18(16)24)21(13-3-5-14(23)6-4-13)20-12(2)25-22(27)19(11)20/h3-8,10-12,17,19-21,26H,9H2,1-2H3,(H,25,27)/t11-,12+,17-,19+,20+,21-/m0/s1. The molecular formula is C22H23Cl2NO2. The Morgan fingerprint density at radius 2 is 1.74 bits per heavy atom. The maximum absolute atomic E-state index is 12.6. The van der Waals surface area contributed by atoms with Crippen molar-refractivity contribution >= 4 is 29.1 Å². The Kier molecular flexibility index (Phi) is 4.85. The number of carbonyl (C=O) groups excluding carboxylic acids is 1. The first-order chi connectivity index (χ1) is 12.9. The van der Waals surface area contributed by atoms with Gasteiger partial charge in [0.1, 0.15) is 5.75 Å². The zero-order chi connectivity index (χ0) is 19.3. The molecule has 1 aliphatic carbocycles. The molecule has 0 radical (unpaired) electrons. The summed E-state index contributed by atoms with van der Waals surface area (Å²) in [4.78, 5) is 12.6. The van der Waals surface area contributed by atoms with Crippen LogP contribution in [0.2, 0.25) is 10.0 Å². The van der Waals surface area contributed by atoms with Gasteiger partial charge in [-0.15, -0.1) is 0 Å². The van der Waals surface area contributed by atoms with Gasteiger partial charge in [-0.1, -0.05) is 48.3 Å². The van der Waals surface area contributed by atoms with E-state index in [1.165, 1.54) is 5.56 Å². The van der Waals surface area contributed by atoms with Gasteiger partial charge in [-0.3, -0.25) is 4.79 Å². The van der Waals surface area contributed by atoms with Gasteiger partial charge in [-0.05, 0) is 72.4 Å². The summed E-state index contributed by atoms with van der Waals surface area (Å²) in [6.45, 7) is 4.26. The molecule has 1 heterocycles. The lowest BCUT2D eigenvalue weighted by molar-refractivity contribution is -0.125. The Hall–Kier alpha value is -1.71. The number of benzene rings is 2. The first-order valence-electron chi connectivity index (χ1n) is 9.41. The Bertz CT molecular complexity index is 867. The molecule has 2 aromatic carbocycles. The number of carbonyl (C=O) groups is 1. The van der Waals surface area contributed by atoms with E-state index in [4.69, 9.17) is 23.2 Å². The van der Waals surface area contributed by atoms with Gasteiger partial charge in [0.2, 0.25) is 5.91 Å². The van der Waals surface area contributed by atoms with Crippen LogP contribution in [0.4, 0.5) is 0 Å². The van der Waals surface area contributed by atoms with Gasteiger partial charge < -0.3 is 10.4 Å². The molecule has 27 heavy (non-hydrogen) atoms. The highest BCUT2D eigenvalue weighted by molar-refractivity contribution is 6.31. The van der Waals surface area contributed by atoms with Crippen molar-refractivity contribution in [3.8, 4) is 5.75 Å². The SMILES string of the molecule is C[C@H]1C[C@@H](c2ccc(O)cc2Cl)[C@H](c2ccc(Cl)cc2)[C@H]2[C@@H]1C(=O)N[C@@H]2C. The van der Waals surface area contributed by atoms with E-state index in [0.717, 1.165) is 12.0 Å². The molecule has 2 aromatic rings. The minimum Gasteiger partial charge on any atom is -0.508 e. The summed E-state index contributed by atoms with van der Waals surface area (Å²) >= 11 is 12.7. The predicted octanol–water partition coefficient (Wildman–Crippen LogP) is 5.36. The molecule has 1 amide bonds. The van der Waals surface area contributed by atoms with Crippen LogP contribution in [0.1, 0.15) is 43.2 Å². The summed E-state index contributed by atoms with van der Waals surface area (Å²) in [5.74, 6) is 1.11. The Labute approximate surface area is 169 Å². The van der Waals surface area contributed by atoms with Crippen LogP contribution >= 0.6 is 23.2 Å². The van der Waals surface area contributed by atoms with Gasteiger partial charge in [0.25, 0.3) is 0 Å². The predicted molar refractivity (Wildman–Crippen MR) is 108 cm³/mol. The number of phenols is 1. The fourth-order valence-corrected chi connectivity index (χ4v) is 5.75. The van der Waals surface area contributed by atoms with Crippen LogP contribution in [0.3, 0.4) is 0 Å². The lowest BCUT2D eigenvalue weighted by atomic mass is 9.58. The number of fused-ring (bicyclic) bond motifs is 1. The molecule has 2 aliphatic rings. The quantitative estimate of drug-likeness (QED) is 0.708. The molecule has 3 nitrogen and oxygen atoms in total. The highest BCUT2D eigenvalue weighted by Crippen LogP contribution is 2.56. The van der Waals surface area contributed by atoms with Crippen molar-refractivity contribution in [2.24, 2.45) is 17.8 Å². The number of aromatic hydroxyl groups is 1. The minimum absolute atomic E-state index is 0.00724. The fourth-order valence-electron chi connectivity index (χ4n) is 5.31. The number of rotatable bonds is 2. The number of phenolic OH excluding ortho intramolecular Hbond substituents is 1. The topological polar surface area (TPSA) is 49.3 Å². The highest BCUT2D eigenvalue weighted by atomic mass is 35.5. The Morgan fingerprint density at radius 1 is 1.04 bits per heavy atom. The van der Waals surface area contributed by atoms with Crippen molar-refractivity contribution in [2.75, 3.05) is 0 Å². The van der Waals surface area contributed by atoms with Crippen LogP contribution in [-0.2, 0) is 4.79 Å². The maximum atomic E-state index is 12.6. The lowest BCUT2D eigenvalue weighted by Gasteiger charge is -2.44. The molecule has 2 N–H and O–H groups in total. The van der Waals surface area contributed by atoms with Gasteiger partial charge in [0.05, 0.1) is 0 Å². The summed E-state index contributed by atoms with van der Waals surface area (Å²) in [6.07, 6.45) is 0.874. The van der Waals surface area contributed by atoms with Gasteiger partial charge in [-0.2, -0.15) is 0 Å². The van der Waals surface area contributed by atoms with Crippen LogP contribution in [-0.4, -0.2) is 17.1 Å². The molecule has 6 atom stereocenters. The van der Waals surface area contributed by atoms with Crippen molar-refractivity contribution in [3.63, 3.8) is 0 Å². The van der Waals surface area contributed by atoms with E-state index in [9.17, 15) is 9.90 Å². The Morgan fingerprint density at radius 3 is 2.41 bits per heavy atom.